The van der Waals surface area contributed by atoms with Crippen LogP contribution in [0.3, 0.4) is 0 Å². The molecule has 0 bridgehead atoms. The zero-order valence-corrected chi connectivity index (χ0v) is 12.1. The summed E-state index contributed by atoms with van der Waals surface area (Å²) < 4.78 is 6.61. The molecule has 0 aliphatic carbocycles. The summed E-state index contributed by atoms with van der Waals surface area (Å²) in [5, 5.41) is 3.36. The van der Waals surface area contributed by atoms with Crippen molar-refractivity contribution in [3.05, 3.63) is 28.5 Å². The normalized spacial score (nSPS) is 16.5. The summed E-state index contributed by atoms with van der Waals surface area (Å²) in [5.41, 5.74) is 1.18. The van der Waals surface area contributed by atoms with Gasteiger partial charge in [-0.25, -0.2) is 4.98 Å². The van der Waals surface area contributed by atoms with Crippen molar-refractivity contribution in [2.75, 3.05) is 19.7 Å². The SMILES string of the molecule is Brc1cc(COCC2CCNCC2)ccn1.Cl. The van der Waals surface area contributed by atoms with E-state index >= 15 is 0 Å². The van der Waals surface area contributed by atoms with Gasteiger partial charge in [0.15, 0.2) is 0 Å². The van der Waals surface area contributed by atoms with E-state index in [1.807, 2.05) is 12.1 Å². The molecular formula is C12H18BrClN2O. The molecule has 0 radical (unpaired) electrons. The Morgan fingerprint density at radius 2 is 2.18 bits per heavy atom. The maximum Gasteiger partial charge on any atom is 0.106 e. The Balaban J connectivity index is 0.00000144. The average molecular weight is 322 g/mol. The molecule has 3 nitrogen and oxygen atoms in total. The van der Waals surface area contributed by atoms with Crippen LogP contribution in [0.5, 0.6) is 0 Å². The van der Waals surface area contributed by atoms with Gasteiger partial charge in [-0.2, -0.15) is 0 Å². The quantitative estimate of drug-likeness (QED) is 0.866. The molecular weight excluding hydrogens is 304 g/mol. The Morgan fingerprint density at radius 1 is 1.41 bits per heavy atom. The van der Waals surface area contributed by atoms with Gasteiger partial charge in [0.25, 0.3) is 0 Å². The highest BCUT2D eigenvalue weighted by Crippen LogP contribution is 2.14. The molecule has 1 fully saturated rings. The molecule has 1 aliphatic rings. The Bertz CT molecular complexity index is 332. The van der Waals surface area contributed by atoms with Crippen molar-refractivity contribution in [1.29, 1.82) is 0 Å². The van der Waals surface area contributed by atoms with Crippen LogP contribution in [0.4, 0.5) is 0 Å². The molecule has 17 heavy (non-hydrogen) atoms. The molecule has 0 unspecified atom stereocenters. The predicted octanol–water partition coefficient (Wildman–Crippen LogP) is 2.78. The van der Waals surface area contributed by atoms with Gasteiger partial charge < -0.3 is 10.1 Å². The second-order valence-electron chi connectivity index (χ2n) is 4.20. The molecule has 1 aliphatic heterocycles. The molecule has 0 saturated carbocycles. The fourth-order valence-electron chi connectivity index (χ4n) is 1.92. The van der Waals surface area contributed by atoms with Crippen molar-refractivity contribution in [3.63, 3.8) is 0 Å². The van der Waals surface area contributed by atoms with Crippen LogP contribution in [0, 0.1) is 5.92 Å². The van der Waals surface area contributed by atoms with Gasteiger partial charge in [-0.05, 0) is 65.5 Å². The van der Waals surface area contributed by atoms with Crippen molar-refractivity contribution >= 4 is 28.3 Å². The number of aromatic nitrogens is 1. The maximum absolute atomic E-state index is 5.74. The molecule has 0 amide bonds. The Hall–Kier alpha value is -0.160. The summed E-state index contributed by atoms with van der Waals surface area (Å²) in [7, 11) is 0. The average Bonchev–Trinajstić information content (AvgIpc) is 2.30. The fourth-order valence-corrected chi connectivity index (χ4v) is 2.34. The van der Waals surface area contributed by atoms with Gasteiger partial charge in [-0.3, -0.25) is 0 Å². The van der Waals surface area contributed by atoms with Gasteiger partial charge >= 0.3 is 0 Å². The Morgan fingerprint density at radius 3 is 2.88 bits per heavy atom. The second kappa shape index (κ2) is 8.03. The van der Waals surface area contributed by atoms with Crippen molar-refractivity contribution in [3.8, 4) is 0 Å². The van der Waals surface area contributed by atoms with Crippen LogP contribution in [-0.2, 0) is 11.3 Å². The molecule has 0 aromatic carbocycles. The summed E-state index contributed by atoms with van der Waals surface area (Å²) in [6, 6.07) is 4.00. The van der Waals surface area contributed by atoms with Gasteiger partial charge in [0.1, 0.15) is 4.60 Å². The highest BCUT2D eigenvalue weighted by Gasteiger charge is 2.12. The number of nitrogens with zero attached hydrogens (tertiary/aromatic N) is 1. The topological polar surface area (TPSA) is 34.1 Å². The minimum absolute atomic E-state index is 0. The first-order valence-corrected chi connectivity index (χ1v) is 6.53. The summed E-state index contributed by atoms with van der Waals surface area (Å²) in [6.07, 6.45) is 4.27. The lowest BCUT2D eigenvalue weighted by Crippen LogP contribution is -2.29. The largest absolute Gasteiger partial charge is 0.376 e. The third kappa shape index (κ3) is 5.34. The highest BCUT2D eigenvalue weighted by atomic mass is 79.9. The van der Waals surface area contributed by atoms with Crippen LogP contribution in [0.15, 0.2) is 22.9 Å². The maximum atomic E-state index is 5.74. The standard InChI is InChI=1S/C12H17BrN2O.ClH/c13-12-7-11(3-6-15-12)9-16-8-10-1-4-14-5-2-10;/h3,6-7,10,14H,1-2,4-5,8-9H2;1H. The Labute approximate surface area is 117 Å². The summed E-state index contributed by atoms with van der Waals surface area (Å²) in [6.45, 7) is 3.83. The van der Waals surface area contributed by atoms with E-state index in [-0.39, 0.29) is 12.4 Å². The lowest BCUT2D eigenvalue weighted by atomic mass is 9.99. The van der Waals surface area contributed by atoms with Crippen LogP contribution in [0.1, 0.15) is 18.4 Å². The fraction of sp³-hybridized carbons (Fsp3) is 0.583. The van der Waals surface area contributed by atoms with Crippen LogP contribution in [0.25, 0.3) is 0 Å². The van der Waals surface area contributed by atoms with E-state index in [1.165, 1.54) is 18.4 Å². The van der Waals surface area contributed by atoms with Gasteiger partial charge in [-0.1, -0.05) is 0 Å². The number of hydrogen-bond acceptors (Lipinski definition) is 3. The van der Waals surface area contributed by atoms with Crippen LogP contribution in [-0.4, -0.2) is 24.7 Å². The summed E-state index contributed by atoms with van der Waals surface area (Å²) in [5.74, 6) is 0.728. The number of ether oxygens (including phenoxy) is 1. The van der Waals surface area contributed by atoms with Crippen molar-refractivity contribution in [2.24, 2.45) is 5.92 Å². The molecule has 1 saturated heterocycles. The third-order valence-corrected chi connectivity index (χ3v) is 3.31. The first-order chi connectivity index (χ1) is 7.84. The lowest BCUT2D eigenvalue weighted by molar-refractivity contribution is 0.0763. The van der Waals surface area contributed by atoms with E-state index in [1.54, 1.807) is 6.20 Å². The van der Waals surface area contributed by atoms with Gasteiger partial charge in [0, 0.05) is 12.8 Å². The van der Waals surface area contributed by atoms with Crippen molar-refractivity contribution in [2.45, 2.75) is 19.4 Å². The van der Waals surface area contributed by atoms with E-state index in [4.69, 9.17) is 4.74 Å². The molecule has 2 heterocycles. The number of halogens is 2. The van der Waals surface area contributed by atoms with Crippen LogP contribution >= 0.6 is 28.3 Å². The number of hydrogen-bond donors (Lipinski definition) is 1. The number of nitrogens with one attached hydrogen (secondary N) is 1. The van der Waals surface area contributed by atoms with E-state index in [0.717, 1.165) is 30.2 Å². The van der Waals surface area contributed by atoms with Crippen LogP contribution < -0.4 is 5.32 Å². The Kier molecular flexibility index (Phi) is 7.04. The van der Waals surface area contributed by atoms with Gasteiger partial charge in [0.2, 0.25) is 0 Å². The van der Waals surface area contributed by atoms with Crippen LogP contribution in [0.2, 0.25) is 0 Å². The zero-order valence-electron chi connectivity index (χ0n) is 9.69. The van der Waals surface area contributed by atoms with Gasteiger partial charge in [-0.15, -0.1) is 12.4 Å². The van der Waals surface area contributed by atoms with E-state index in [9.17, 15) is 0 Å². The molecule has 1 N–H and O–H groups in total. The monoisotopic (exact) mass is 320 g/mol. The summed E-state index contributed by atoms with van der Waals surface area (Å²) >= 11 is 3.36. The molecule has 2 rings (SSSR count). The molecule has 0 atom stereocenters. The minimum atomic E-state index is 0. The first kappa shape index (κ1) is 14.9. The molecule has 1 aromatic heterocycles. The predicted molar refractivity (Wildman–Crippen MR) is 74.4 cm³/mol. The molecule has 96 valence electrons. The highest BCUT2D eigenvalue weighted by molar-refractivity contribution is 9.10. The van der Waals surface area contributed by atoms with Gasteiger partial charge in [0.05, 0.1) is 6.61 Å². The smallest absolute Gasteiger partial charge is 0.106 e. The third-order valence-electron chi connectivity index (χ3n) is 2.87. The van der Waals surface area contributed by atoms with E-state index in [0.29, 0.717) is 6.61 Å². The molecule has 1 aromatic rings. The van der Waals surface area contributed by atoms with E-state index in [2.05, 4.69) is 26.2 Å². The molecule has 5 heteroatoms. The summed E-state index contributed by atoms with van der Waals surface area (Å²) in [4.78, 5) is 4.09. The first-order valence-electron chi connectivity index (χ1n) is 5.73. The number of piperidine rings is 1. The van der Waals surface area contributed by atoms with Crippen molar-refractivity contribution in [1.82, 2.24) is 10.3 Å². The number of pyridine rings is 1. The van der Waals surface area contributed by atoms with E-state index < -0.39 is 0 Å². The second-order valence-corrected chi connectivity index (χ2v) is 5.01. The lowest BCUT2D eigenvalue weighted by Gasteiger charge is -2.22. The molecule has 0 spiro atoms. The number of rotatable bonds is 4. The minimum Gasteiger partial charge on any atom is -0.376 e. The zero-order chi connectivity index (χ0) is 11.2. The van der Waals surface area contributed by atoms with Crippen molar-refractivity contribution < 1.29 is 4.74 Å².